The quantitative estimate of drug-likeness (QED) is 0.906. The van der Waals surface area contributed by atoms with Crippen molar-refractivity contribution in [1.29, 1.82) is 0 Å². The standard InChI is InChI=1S/C15H16FNS/c1-11-10-15(5-2-12(11)8-9-17)18-14-6-3-13(16)4-7-14/h2-7,10H,8-9,17H2,1H3. The molecule has 2 N–H and O–H groups in total. The number of aryl methyl sites for hydroxylation is 1. The van der Waals surface area contributed by atoms with Gasteiger partial charge in [0.05, 0.1) is 0 Å². The van der Waals surface area contributed by atoms with Crippen LogP contribution in [0.3, 0.4) is 0 Å². The van der Waals surface area contributed by atoms with Crippen LogP contribution in [-0.2, 0) is 6.42 Å². The van der Waals surface area contributed by atoms with Crippen LogP contribution in [0.15, 0.2) is 52.3 Å². The number of hydrogen-bond donors (Lipinski definition) is 1. The molecule has 2 aromatic carbocycles. The second-order valence-corrected chi connectivity index (χ2v) is 5.33. The third-order valence-electron chi connectivity index (χ3n) is 2.78. The van der Waals surface area contributed by atoms with Crippen molar-refractivity contribution in [2.24, 2.45) is 5.73 Å². The second-order valence-electron chi connectivity index (χ2n) is 4.18. The summed E-state index contributed by atoms with van der Waals surface area (Å²) in [5.74, 6) is -0.200. The molecular formula is C15H16FNS. The van der Waals surface area contributed by atoms with Gasteiger partial charge in [0.15, 0.2) is 0 Å². The number of rotatable bonds is 4. The first-order valence-corrected chi connectivity index (χ1v) is 6.73. The Hall–Kier alpha value is -1.32. The molecule has 2 rings (SSSR count). The average Bonchev–Trinajstić information content (AvgIpc) is 2.36. The molecule has 0 aliphatic rings. The molecule has 3 heteroatoms. The van der Waals surface area contributed by atoms with E-state index in [0.717, 1.165) is 11.3 Å². The Labute approximate surface area is 111 Å². The maximum absolute atomic E-state index is 12.8. The van der Waals surface area contributed by atoms with Crippen molar-refractivity contribution in [3.63, 3.8) is 0 Å². The Balaban J connectivity index is 2.14. The van der Waals surface area contributed by atoms with Gasteiger partial charge in [0, 0.05) is 9.79 Å². The summed E-state index contributed by atoms with van der Waals surface area (Å²) in [5.41, 5.74) is 8.11. The van der Waals surface area contributed by atoms with Gasteiger partial charge in [-0.3, -0.25) is 0 Å². The highest BCUT2D eigenvalue weighted by Gasteiger charge is 2.02. The monoisotopic (exact) mass is 261 g/mol. The third-order valence-corrected chi connectivity index (χ3v) is 3.77. The van der Waals surface area contributed by atoms with Crippen LogP contribution in [-0.4, -0.2) is 6.54 Å². The van der Waals surface area contributed by atoms with E-state index in [-0.39, 0.29) is 5.82 Å². The van der Waals surface area contributed by atoms with E-state index in [4.69, 9.17) is 5.73 Å². The van der Waals surface area contributed by atoms with Crippen molar-refractivity contribution >= 4 is 11.8 Å². The fourth-order valence-corrected chi connectivity index (χ4v) is 2.72. The first-order valence-electron chi connectivity index (χ1n) is 5.92. The Morgan fingerprint density at radius 1 is 1.06 bits per heavy atom. The minimum atomic E-state index is -0.200. The van der Waals surface area contributed by atoms with Gasteiger partial charge < -0.3 is 5.73 Å². The SMILES string of the molecule is Cc1cc(Sc2ccc(F)cc2)ccc1CCN. The van der Waals surface area contributed by atoms with Crippen molar-refractivity contribution in [3.8, 4) is 0 Å². The van der Waals surface area contributed by atoms with Crippen LogP contribution in [0.25, 0.3) is 0 Å². The number of hydrogen-bond acceptors (Lipinski definition) is 2. The van der Waals surface area contributed by atoms with E-state index in [1.54, 1.807) is 23.9 Å². The van der Waals surface area contributed by atoms with E-state index in [1.807, 2.05) is 0 Å². The van der Waals surface area contributed by atoms with Crippen LogP contribution in [0.5, 0.6) is 0 Å². The highest BCUT2D eigenvalue weighted by atomic mass is 32.2. The topological polar surface area (TPSA) is 26.0 Å². The summed E-state index contributed by atoms with van der Waals surface area (Å²) >= 11 is 1.64. The van der Waals surface area contributed by atoms with E-state index >= 15 is 0 Å². The lowest BCUT2D eigenvalue weighted by Crippen LogP contribution is -2.03. The van der Waals surface area contributed by atoms with Gasteiger partial charge in [-0.05, 0) is 67.4 Å². The van der Waals surface area contributed by atoms with E-state index in [0.29, 0.717) is 6.54 Å². The van der Waals surface area contributed by atoms with Crippen LogP contribution < -0.4 is 5.73 Å². The van der Waals surface area contributed by atoms with Crippen molar-refractivity contribution < 1.29 is 4.39 Å². The first-order chi connectivity index (χ1) is 8.69. The second kappa shape index (κ2) is 6.03. The molecule has 0 atom stereocenters. The molecule has 0 saturated heterocycles. The van der Waals surface area contributed by atoms with Crippen LogP contribution in [0, 0.1) is 12.7 Å². The van der Waals surface area contributed by atoms with E-state index in [2.05, 4.69) is 25.1 Å². The van der Waals surface area contributed by atoms with Crippen LogP contribution in [0.4, 0.5) is 4.39 Å². The zero-order valence-electron chi connectivity index (χ0n) is 10.3. The summed E-state index contributed by atoms with van der Waals surface area (Å²) < 4.78 is 12.8. The van der Waals surface area contributed by atoms with Gasteiger partial charge >= 0.3 is 0 Å². The molecule has 18 heavy (non-hydrogen) atoms. The minimum Gasteiger partial charge on any atom is -0.330 e. The Kier molecular flexibility index (Phi) is 4.39. The third kappa shape index (κ3) is 3.34. The lowest BCUT2D eigenvalue weighted by Gasteiger charge is -2.07. The molecule has 94 valence electrons. The molecule has 0 unspecified atom stereocenters. The smallest absolute Gasteiger partial charge is 0.123 e. The van der Waals surface area contributed by atoms with Crippen molar-refractivity contribution in [2.75, 3.05) is 6.54 Å². The zero-order chi connectivity index (χ0) is 13.0. The molecule has 1 nitrogen and oxygen atoms in total. The maximum Gasteiger partial charge on any atom is 0.123 e. The highest BCUT2D eigenvalue weighted by Crippen LogP contribution is 2.29. The van der Waals surface area contributed by atoms with Crippen LogP contribution in [0.2, 0.25) is 0 Å². The zero-order valence-corrected chi connectivity index (χ0v) is 11.1. The van der Waals surface area contributed by atoms with Crippen molar-refractivity contribution in [3.05, 3.63) is 59.4 Å². The molecule has 2 aromatic rings. The van der Waals surface area contributed by atoms with Crippen molar-refractivity contribution in [1.82, 2.24) is 0 Å². The van der Waals surface area contributed by atoms with E-state index in [1.165, 1.54) is 28.2 Å². The van der Waals surface area contributed by atoms with Gasteiger partial charge in [0.25, 0.3) is 0 Å². The summed E-state index contributed by atoms with van der Waals surface area (Å²) in [6.45, 7) is 2.77. The molecular weight excluding hydrogens is 245 g/mol. The number of halogens is 1. The summed E-state index contributed by atoms with van der Waals surface area (Å²) in [6.07, 6.45) is 0.910. The lowest BCUT2D eigenvalue weighted by atomic mass is 10.1. The molecule has 0 fully saturated rings. The molecule has 0 heterocycles. The predicted octanol–water partition coefficient (Wildman–Crippen LogP) is 3.79. The summed E-state index contributed by atoms with van der Waals surface area (Å²) in [5, 5.41) is 0. The average molecular weight is 261 g/mol. The molecule has 0 saturated carbocycles. The molecule has 0 amide bonds. The van der Waals surface area contributed by atoms with Crippen LogP contribution >= 0.6 is 11.8 Å². The molecule has 0 radical (unpaired) electrons. The van der Waals surface area contributed by atoms with Crippen molar-refractivity contribution in [2.45, 2.75) is 23.1 Å². The van der Waals surface area contributed by atoms with E-state index in [9.17, 15) is 4.39 Å². The van der Waals surface area contributed by atoms with Gasteiger partial charge in [-0.2, -0.15) is 0 Å². The van der Waals surface area contributed by atoms with Gasteiger partial charge in [-0.1, -0.05) is 17.8 Å². The Morgan fingerprint density at radius 3 is 2.33 bits per heavy atom. The summed E-state index contributed by atoms with van der Waals surface area (Å²) in [4.78, 5) is 2.21. The summed E-state index contributed by atoms with van der Waals surface area (Å²) in [6, 6.07) is 12.9. The van der Waals surface area contributed by atoms with Gasteiger partial charge in [0.2, 0.25) is 0 Å². The fourth-order valence-electron chi connectivity index (χ4n) is 1.81. The molecule has 0 aromatic heterocycles. The van der Waals surface area contributed by atoms with Gasteiger partial charge in [0.1, 0.15) is 5.82 Å². The predicted molar refractivity (Wildman–Crippen MR) is 74.5 cm³/mol. The largest absolute Gasteiger partial charge is 0.330 e. The highest BCUT2D eigenvalue weighted by molar-refractivity contribution is 7.99. The Morgan fingerprint density at radius 2 is 1.72 bits per heavy atom. The number of nitrogens with two attached hydrogens (primary N) is 1. The van der Waals surface area contributed by atoms with E-state index < -0.39 is 0 Å². The molecule has 0 aliphatic heterocycles. The maximum atomic E-state index is 12.8. The first kappa shape index (κ1) is 13.1. The molecule has 0 bridgehead atoms. The summed E-state index contributed by atoms with van der Waals surface area (Å²) in [7, 11) is 0. The van der Waals surface area contributed by atoms with Gasteiger partial charge in [-0.25, -0.2) is 4.39 Å². The minimum absolute atomic E-state index is 0.200. The fraction of sp³-hybridized carbons (Fsp3) is 0.200. The number of benzene rings is 2. The van der Waals surface area contributed by atoms with Gasteiger partial charge in [-0.15, -0.1) is 0 Å². The lowest BCUT2D eigenvalue weighted by molar-refractivity contribution is 0.626. The molecule has 0 spiro atoms. The molecule has 0 aliphatic carbocycles. The normalized spacial score (nSPS) is 10.6. The van der Waals surface area contributed by atoms with Crippen LogP contribution in [0.1, 0.15) is 11.1 Å². The Bertz CT molecular complexity index is 523.